The molecular formula is C15H19N3. The first kappa shape index (κ1) is 12.6. The van der Waals surface area contributed by atoms with Crippen LogP contribution < -0.4 is 0 Å². The fraction of sp³-hybridized carbons (Fsp3) is 0.333. The molecule has 0 fully saturated rings. The third-order valence-electron chi connectivity index (χ3n) is 3.33. The van der Waals surface area contributed by atoms with Crippen LogP contribution in [0.25, 0.3) is 16.5 Å². The Hall–Kier alpha value is -1.90. The number of aromatic nitrogens is 2. The molecule has 0 unspecified atom stereocenters. The number of fused-ring (bicyclic) bond motifs is 1. The van der Waals surface area contributed by atoms with Crippen LogP contribution in [0.1, 0.15) is 23.7 Å². The van der Waals surface area contributed by atoms with Gasteiger partial charge in [-0.05, 0) is 43.5 Å². The van der Waals surface area contributed by atoms with Crippen molar-refractivity contribution < 1.29 is 0 Å². The highest BCUT2D eigenvalue weighted by molar-refractivity contribution is 6.10. The lowest BCUT2D eigenvalue weighted by atomic mass is 10.0. The van der Waals surface area contributed by atoms with E-state index in [4.69, 9.17) is 0 Å². The van der Waals surface area contributed by atoms with Gasteiger partial charge in [0, 0.05) is 31.4 Å². The molecule has 0 aliphatic rings. The van der Waals surface area contributed by atoms with Crippen LogP contribution in [0.2, 0.25) is 0 Å². The Kier molecular flexibility index (Phi) is 3.32. The molecule has 0 N–H and O–H groups in total. The summed E-state index contributed by atoms with van der Waals surface area (Å²) in [6, 6.07) is 4.33. The van der Waals surface area contributed by atoms with E-state index in [0.29, 0.717) is 0 Å². The van der Waals surface area contributed by atoms with Crippen molar-refractivity contribution in [2.45, 2.75) is 20.8 Å². The van der Waals surface area contributed by atoms with Crippen molar-refractivity contribution in [1.82, 2.24) is 9.78 Å². The third kappa shape index (κ3) is 1.96. The molecule has 3 heteroatoms. The molecule has 0 bridgehead atoms. The molecule has 0 saturated heterocycles. The molecule has 0 aliphatic heterocycles. The molecule has 94 valence electrons. The van der Waals surface area contributed by atoms with Crippen molar-refractivity contribution in [2.75, 3.05) is 7.05 Å². The number of hydrogen-bond donors (Lipinski definition) is 0. The van der Waals surface area contributed by atoms with E-state index >= 15 is 0 Å². The first-order valence-electron chi connectivity index (χ1n) is 6.11. The average molecular weight is 241 g/mol. The quantitative estimate of drug-likeness (QED) is 0.742. The van der Waals surface area contributed by atoms with E-state index in [1.165, 1.54) is 22.2 Å². The number of aliphatic imine (C=N–C) groups is 1. The standard InChI is InChI=1S/C15H19N3/c1-6-12(9-16-4)13-7-10(2)15-11(3)18(5)17-14(15)8-13/h6-9H,1-5H3/b12-6+,16-9?. The Morgan fingerprint density at radius 1 is 1.33 bits per heavy atom. The van der Waals surface area contributed by atoms with E-state index < -0.39 is 0 Å². The minimum absolute atomic E-state index is 1.05. The lowest BCUT2D eigenvalue weighted by Crippen LogP contribution is -1.91. The Morgan fingerprint density at radius 2 is 2.06 bits per heavy atom. The van der Waals surface area contributed by atoms with Gasteiger partial charge in [0.15, 0.2) is 0 Å². The summed E-state index contributed by atoms with van der Waals surface area (Å²) in [6.07, 6.45) is 3.96. The number of rotatable bonds is 2. The highest BCUT2D eigenvalue weighted by atomic mass is 15.3. The molecule has 1 aromatic heterocycles. The van der Waals surface area contributed by atoms with Gasteiger partial charge in [-0.2, -0.15) is 5.10 Å². The summed E-state index contributed by atoms with van der Waals surface area (Å²) < 4.78 is 1.94. The average Bonchev–Trinajstić information content (AvgIpc) is 2.62. The fourth-order valence-electron chi connectivity index (χ4n) is 2.34. The lowest BCUT2D eigenvalue weighted by Gasteiger charge is -2.04. The monoisotopic (exact) mass is 241 g/mol. The molecular weight excluding hydrogens is 222 g/mol. The number of aryl methyl sites for hydroxylation is 3. The molecule has 0 radical (unpaired) electrons. The minimum atomic E-state index is 1.05. The maximum absolute atomic E-state index is 4.56. The lowest BCUT2D eigenvalue weighted by molar-refractivity contribution is 0.751. The molecule has 1 heterocycles. The Bertz CT molecular complexity index is 645. The van der Waals surface area contributed by atoms with Crippen molar-refractivity contribution in [2.24, 2.45) is 12.0 Å². The second-order valence-electron chi connectivity index (χ2n) is 4.53. The zero-order chi connectivity index (χ0) is 13.3. The summed E-state index contributed by atoms with van der Waals surface area (Å²) in [7, 11) is 3.78. The molecule has 0 aliphatic carbocycles. The van der Waals surface area contributed by atoms with Crippen LogP contribution in [0, 0.1) is 13.8 Å². The first-order valence-corrected chi connectivity index (χ1v) is 6.11. The van der Waals surface area contributed by atoms with Crippen molar-refractivity contribution in [3.05, 3.63) is 35.0 Å². The van der Waals surface area contributed by atoms with Gasteiger partial charge in [-0.3, -0.25) is 9.67 Å². The van der Waals surface area contributed by atoms with Crippen molar-refractivity contribution in [3.63, 3.8) is 0 Å². The molecule has 2 rings (SSSR count). The van der Waals surface area contributed by atoms with Crippen molar-refractivity contribution in [1.29, 1.82) is 0 Å². The van der Waals surface area contributed by atoms with Gasteiger partial charge in [0.1, 0.15) is 0 Å². The number of allylic oxidation sites excluding steroid dienone is 2. The highest BCUT2D eigenvalue weighted by Gasteiger charge is 2.10. The van der Waals surface area contributed by atoms with Crippen LogP contribution in [0.4, 0.5) is 0 Å². The van der Waals surface area contributed by atoms with Gasteiger partial charge in [0.2, 0.25) is 0 Å². The number of hydrogen-bond acceptors (Lipinski definition) is 2. The number of benzene rings is 1. The fourth-order valence-corrected chi connectivity index (χ4v) is 2.34. The van der Waals surface area contributed by atoms with Crippen LogP contribution in [0.3, 0.4) is 0 Å². The smallest absolute Gasteiger partial charge is 0.0934 e. The second kappa shape index (κ2) is 4.77. The summed E-state index contributed by atoms with van der Waals surface area (Å²) >= 11 is 0. The third-order valence-corrected chi connectivity index (χ3v) is 3.33. The maximum Gasteiger partial charge on any atom is 0.0934 e. The molecule has 2 aromatic rings. The summed E-state index contributed by atoms with van der Waals surface area (Å²) in [5.41, 5.74) is 5.82. The second-order valence-corrected chi connectivity index (χ2v) is 4.53. The highest BCUT2D eigenvalue weighted by Crippen LogP contribution is 2.26. The molecule has 1 aromatic carbocycles. The summed E-state index contributed by atoms with van der Waals surface area (Å²) in [6.45, 7) is 6.27. The normalized spacial score (nSPS) is 12.8. The number of nitrogens with zero attached hydrogens (tertiary/aromatic N) is 3. The molecule has 3 nitrogen and oxygen atoms in total. The van der Waals surface area contributed by atoms with Gasteiger partial charge in [0.05, 0.1) is 5.52 Å². The van der Waals surface area contributed by atoms with Crippen molar-refractivity contribution in [3.8, 4) is 0 Å². The van der Waals surface area contributed by atoms with Gasteiger partial charge >= 0.3 is 0 Å². The van der Waals surface area contributed by atoms with E-state index in [9.17, 15) is 0 Å². The molecule has 0 spiro atoms. The predicted molar refractivity (Wildman–Crippen MR) is 78.3 cm³/mol. The van der Waals surface area contributed by atoms with Crippen LogP contribution in [-0.4, -0.2) is 23.0 Å². The Morgan fingerprint density at radius 3 is 2.67 bits per heavy atom. The predicted octanol–water partition coefficient (Wildman–Crippen LogP) is 3.29. The van der Waals surface area contributed by atoms with E-state index in [0.717, 1.165) is 11.1 Å². The van der Waals surface area contributed by atoms with Gasteiger partial charge in [0.25, 0.3) is 0 Å². The molecule has 18 heavy (non-hydrogen) atoms. The largest absolute Gasteiger partial charge is 0.296 e. The van der Waals surface area contributed by atoms with E-state index in [2.05, 4.69) is 42.1 Å². The topological polar surface area (TPSA) is 30.2 Å². The Labute approximate surface area is 108 Å². The van der Waals surface area contributed by atoms with Crippen LogP contribution in [0.15, 0.2) is 23.2 Å². The van der Waals surface area contributed by atoms with Crippen molar-refractivity contribution >= 4 is 22.7 Å². The van der Waals surface area contributed by atoms with E-state index in [1.807, 2.05) is 24.9 Å². The van der Waals surface area contributed by atoms with Crippen LogP contribution in [-0.2, 0) is 7.05 Å². The maximum atomic E-state index is 4.56. The van der Waals surface area contributed by atoms with Gasteiger partial charge in [-0.25, -0.2) is 0 Å². The van der Waals surface area contributed by atoms with Crippen LogP contribution in [0.5, 0.6) is 0 Å². The zero-order valence-electron chi connectivity index (χ0n) is 11.7. The summed E-state index contributed by atoms with van der Waals surface area (Å²) in [4.78, 5) is 4.10. The summed E-state index contributed by atoms with van der Waals surface area (Å²) in [5, 5.41) is 5.81. The molecule has 0 atom stereocenters. The summed E-state index contributed by atoms with van der Waals surface area (Å²) in [5.74, 6) is 0. The Balaban J connectivity index is 2.70. The first-order chi connectivity index (χ1) is 8.58. The van der Waals surface area contributed by atoms with Gasteiger partial charge in [-0.1, -0.05) is 12.1 Å². The van der Waals surface area contributed by atoms with E-state index in [-0.39, 0.29) is 0 Å². The van der Waals surface area contributed by atoms with Gasteiger partial charge < -0.3 is 0 Å². The molecule has 0 saturated carbocycles. The zero-order valence-corrected chi connectivity index (χ0v) is 11.7. The SMILES string of the molecule is C/C=C(\C=NC)c1cc(C)c2c(C)n(C)nc2c1. The van der Waals surface area contributed by atoms with Gasteiger partial charge in [-0.15, -0.1) is 0 Å². The molecule has 0 amide bonds. The van der Waals surface area contributed by atoms with E-state index in [1.54, 1.807) is 7.05 Å². The minimum Gasteiger partial charge on any atom is -0.296 e. The van der Waals surface area contributed by atoms with Crippen LogP contribution >= 0.6 is 0 Å².